The van der Waals surface area contributed by atoms with Crippen molar-refractivity contribution in [1.82, 2.24) is 0 Å². The zero-order valence-electron chi connectivity index (χ0n) is 12.9. The normalized spacial score (nSPS) is 23.4. The van der Waals surface area contributed by atoms with Crippen LogP contribution in [-0.4, -0.2) is 0 Å². The number of hydrogen-bond acceptors (Lipinski definition) is 0. The SMILES string of the molecule is CC1(C)C=CC=CC=C1C=CC1=CC=CC=CC1(C)C. The van der Waals surface area contributed by atoms with Crippen molar-refractivity contribution in [3.8, 4) is 0 Å². The van der Waals surface area contributed by atoms with Crippen LogP contribution in [-0.2, 0) is 0 Å². The molecular weight excluding hydrogens is 240 g/mol. The van der Waals surface area contributed by atoms with Gasteiger partial charge in [0.25, 0.3) is 0 Å². The van der Waals surface area contributed by atoms with Crippen LogP contribution < -0.4 is 0 Å². The topological polar surface area (TPSA) is 0 Å². The molecule has 0 fully saturated rings. The van der Waals surface area contributed by atoms with Gasteiger partial charge in [0.2, 0.25) is 0 Å². The summed E-state index contributed by atoms with van der Waals surface area (Å²) in [7, 11) is 0. The Balaban J connectivity index is 2.29. The van der Waals surface area contributed by atoms with Gasteiger partial charge in [0, 0.05) is 10.8 Å². The monoisotopic (exact) mass is 264 g/mol. The highest BCUT2D eigenvalue weighted by Gasteiger charge is 2.21. The van der Waals surface area contributed by atoms with Crippen molar-refractivity contribution in [2.75, 3.05) is 0 Å². The van der Waals surface area contributed by atoms with Gasteiger partial charge < -0.3 is 0 Å². The molecule has 0 amide bonds. The maximum atomic E-state index is 2.25. The summed E-state index contributed by atoms with van der Waals surface area (Å²) in [4.78, 5) is 0. The Hall–Kier alpha value is -1.82. The fraction of sp³-hybridized carbons (Fsp3) is 0.300. The third-order valence-electron chi connectivity index (χ3n) is 3.95. The molecule has 2 aliphatic rings. The molecule has 0 N–H and O–H groups in total. The molecule has 0 saturated carbocycles. The fourth-order valence-electron chi connectivity index (χ4n) is 2.38. The summed E-state index contributed by atoms with van der Waals surface area (Å²) in [5, 5.41) is 0. The van der Waals surface area contributed by atoms with Gasteiger partial charge in [-0.25, -0.2) is 0 Å². The van der Waals surface area contributed by atoms with Crippen molar-refractivity contribution in [1.29, 1.82) is 0 Å². The molecule has 0 unspecified atom stereocenters. The van der Waals surface area contributed by atoms with Crippen molar-refractivity contribution in [3.63, 3.8) is 0 Å². The molecule has 2 aliphatic carbocycles. The molecule has 2 rings (SSSR count). The number of allylic oxidation sites excluding steroid dienone is 14. The average Bonchev–Trinajstić information content (AvgIpc) is 2.63. The Morgan fingerprint density at radius 2 is 1.00 bits per heavy atom. The molecule has 0 aliphatic heterocycles. The van der Waals surface area contributed by atoms with Crippen molar-refractivity contribution in [2.24, 2.45) is 10.8 Å². The van der Waals surface area contributed by atoms with Crippen LogP contribution in [0.2, 0.25) is 0 Å². The first-order valence-electron chi connectivity index (χ1n) is 7.23. The van der Waals surface area contributed by atoms with E-state index in [2.05, 4.69) is 101 Å². The van der Waals surface area contributed by atoms with Crippen LogP contribution in [0, 0.1) is 10.8 Å². The molecule has 0 heteroatoms. The van der Waals surface area contributed by atoms with Gasteiger partial charge in [-0.15, -0.1) is 0 Å². The van der Waals surface area contributed by atoms with Crippen molar-refractivity contribution < 1.29 is 0 Å². The lowest BCUT2D eigenvalue weighted by atomic mass is 9.80. The standard InChI is InChI=1S/C20H24/c1-19(2)15-9-5-7-11-17(19)13-14-18-12-8-6-10-16-20(18,3)4/h5-16H,1-4H3. The Kier molecular flexibility index (Phi) is 4.13. The van der Waals surface area contributed by atoms with E-state index < -0.39 is 0 Å². The third kappa shape index (κ3) is 3.39. The molecule has 0 radical (unpaired) electrons. The second-order valence-electron chi connectivity index (χ2n) is 6.51. The smallest absolute Gasteiger partial charge is 0.00784 e. The van der Waals surface area contributed by atoms with Gasteiger partial charge in [-0.2, -0.15) is 0 Å². The van der Waals surface area contributed by atoms with Crippen LogP contribution in [0.3, 0.4) is 0 Å². The molecule has 0 aromatic heterocycles. The molecule has 0 aromatic rings. The lowest BCUT2D eigenvalue weighted by Gasteiger charge is -2.24. The van der Waals surface area contributed by atoms with E-state index in [-0.39, 0.29) is 10.8 Å². The Bertz CT molecular complexity index is 515. The highest BCUT2D eigenvalue weighted by atomic mass is 14.2. The molecule has 0 nitrogen and oxygen atoms in total. The first-order chi connectivity index (χ1) is 9.42. The molecule has 0 aromatic carbocycles. The zero-order chi connectivity index (χ0) is 14.6. The van der Waals surface area contributed by atoms with Crippen LogP contribution in [0.25, 0.3) is 0 Å². The predicted octanol–water partition coefficient (Wildman–Crippen LogP) is 5.70. The molecule has 104 valence electrons. The summed E-state index contributed by atoms with van der Waals surface area (Å²) in [6.07, 6.45) is 26.0. The van der Waals surface area contributed by atoms with Gasteiger partial charge in [-0.1, -0.05) is 101 Å². The lowest BCUT2D eigenvalue weighted by Crippen LogP contribution is -2.11. The summed E-state index contributed by atoms with van der Waals surface area (Å²) in [5.74, 6) is 0. The molecule has 20 heavy (non-hydrogen) atoms. The van der Waals surface area contributed by atoms with Crippen LogP contribution in [0.15, 0.2) is 84.1 Å². The number of rotatable bonds is 2. The van der Waals surface area contributed by atoms with Crippen molar-refractivity contribution >= 4 is 0 Å². The first-order valence-corrected chi connectivity index (χ1v) is 7.23. The molecule has 0 heterocycles. The van der Waals surface area contributed by atoms with Gasteiger partial charge in [-0.3, -0.25) is 0 Å². The van der Waals surface area contributed by atoms with E-state index in [1.54, 1.807) is 0 Å². The summed E-state index contributed by atoms with van der Waals surface area (Å²) < 4.78 is 0. The summed E-state index contributed by atoms with van der Waals surface area (Å²) >= 11 is 0. The Morgan fingerprint density at radius 1 is 0.600 bits per heavy atom. The largest absolute Gasteiger partial charge is 0.0745 e. The lowest BCUT2D eigenvalue weighted by molar-refractivity contribution is 0.588. The Morgan fingerprint density at radius 3 is 1.40 bits per heavy atom. The molecule has 0 atom stereocenters. The van der Waals surface area contributed by atoms with Crippen LogP contribution in [0.4, 0.5) is 0 Å². The highest BCUT2D eigenvalue weighted by molar-refractivity contribution is 5.43. The zero-order valence-corrected chi connectivity index (χ0v) is 12.9. The van der Waals surface area contributed by atoms with E-state index in [9.17, 15) is 0 Å². The minimum atomic E-state index is 0.0705. The average molecular weight is 264 g/mol. The van der Waals surface area contributed by atoms with Crippen LogP contribution in [0.1, 0.15) is 27.7 Å². The quantitative estimate of drug-likeness (QED) is 0.600. The van der Waals surface area contributed by atoms with Crippen LogP contribution >= 0.6 is 0 Å². The van der Waals surface area contributed by atoms with Gasteiger partial charge >= 0.3 is 0 Å². The van der Waals surface area contributed by atoms with E-state index in [1.165, 1.54) is 11.1 Å². The van der Waals surface area contributed by atoms with Gasteiger partial charge in [0.15, 0.2) is 0 Å². The van der Waals surface area contributed by atoms with E-state index in [4.69, 9.17) is 0 Å². The second kappa shape index (κ2) is 5.66. The van der Waals surface area contributed by atoms with E-state index in [0.717, 1.165) is 0 Å². The Labute approximate surface area is 123 Å². The molecule has 0 bridgehead atoms. The van der Waals surface area contributed by atoms with E-state index in [1.807, 2.05) is 0 Å². The summed E-state index contributed by atoms with van der Waals surface area (Å²) in [6, 6.07) is 0. The maximum Gasteiger partial charge on any atom is 0.00784 e. The first kappa shape index (κ1) is 14.6. The van der Waals surface area contributed by atoms with Gasteiger partial charge in [-0.05, 0) is 11.1 Å². The number of hydrogen-bond donors (Lipinski definition) is 0. The fourth-order valence-corrected chi connectivity index (χ4v) is 2.38. The van der Waals surface area contributed by atoms with Gasteiger partial charge in [0.05, 0.1) is 0 Å². The summed E-state index contributed by atoms with van der Waals surface area (Å²) in [5.41, 5.74) is 2.80. The van der Waals surface area contributed by atoms with Crippen molar-refractivity contribution in [3.05, 3.63) is 84.1 Å². The van der Waals surface area contributed by atoms with Crippen molar-refractivity contribution in [2.45, 2.75) is 27.7 Å². The summed E-state index contributed by atoms with van der Waals surface area (Å²) in [6.45, 7) is 9.00. The van der Waals surface area contributed by atoms with Gasteiger partial charge in [0.1, 0.15) is 0 Å². The van der Waals surface area contributed by atoms with E-state index >= 15 is 0 Å². The molecule has 0 saturated heterocycles. The minimum Gasteiger partial charge on any atom is -0.0745 e. The third-order valence-corrected chi connectivity index (χ3v) is 3.95. The second-order valence-corrected chi connectivity index (χ2v) is 6.51. The molecule has 0 spiro atoms. The minimum absolute atomic E-state index is 0.0705. The highest BCUT2D eigenvalue weighted by Crippen LogP contribution is 2.34. The molecular formula is C20H24. The predicted molar refractivity (Wildman–Crippen MR) is 89.4 cm³/mol. The maximum absolute atomic E-state index is 2.25. The van der Waals surface area contributed by atoms with Crippen LogP contribution in [0.5, 0.6) is 0 Å². The van der Waals surface area contributed by atoms with E-state index in [0.29, 0.717) is 0 Å².